The monoisotopic (exact) mass is 217 g/mol. The van der Waals surface area contributed by atoms with Crippen molar-refractivity contribution in [2.24, 2.45) is 0 Å². The van der Waals surface area contributed by atoms with Gasteiger partial charge in [-0.3, -0.25) is 10.1 Å². The standard InChI is InChI=1S/C8H8FNO3S/c1-14-13-5-6-4-7(10(11)12)2-3-8(6)9/h2-4H,5H2,1H3. The molecule has 0 N–H and O–H groups in total. The smallest absolute Gasteiger partial charge is 0.269 e. The number of nitro groups is 1. The quantitative estimate of drug-likeness (QED) is 0.441. The maximum Gasteiger partial charge on any atom is 0.269 e. The van der Waals surface area contributed by atoms with Crippen molar-refractivity contribution in [3.05, 3.63) is 39.7 Å². The third kappa shape index (κ3) is 2.68. The van der Waals surface area contributed by atoms with E-state index in [4.69, 9.17) is 4.18 Å². The highest BCUT2D eigenvalue weighted by molar-refractivity contribution is 7.93. The molecular weight excluding hydrogens is 209 g/mol. The lowest BCUT2D eigenvalue weighted by molar-refractivity contribution is -0.385. The number of hydrogen-bond acceptors (Lipinski definition) is 4. The van der Waals surface area contributed by atoms with E-state index in [-0.39, 0.29) is 17.9 Å². The van der Waals surface area contributed by atoms with Crippen LogP contribution >= 0.6 is 12.0 Å². The van der Waals surface area contributed by atoms with Gasteiger partial charge in [-0.1, -0.05) is 0 Å². The normalized spacial score (nSPS) is 10.1. The van der Waals surface area contributed by atoms with Crippen LogP contribution in [-0.2, 0) is 10.8 Å². The lowest BCUT2D eigenvalue weighted by Gasteiger charge is -2.01. The molecule has 0 aromatic heterocycles. The molecule has 0 aliphatic rings. The summed E-state index contributed by atoms with van der Waals surface area (Å²) in [4.78, 5) is 9.81. The zero-order valence-corrected chi connectivity index (χ0v) is 8.21. The van der Waals surface area contributed by atoms with Gasteiger partial charge in [0.2, 0.25) is 0 Å². The third-order valence-corrected chi connectivity index (χ3v) is 1.93. The second-order valence-corrected chi connectivity index (χ2v) is 3.03. The molecule has 1 aromatic carbocycles. The Balaban J connectivity index is 2.90. The predicted molar refractivity (Wildman–Crippen MR) is 51.4 cm³/mol. The van der Waals surface area contributed by atoms with E-state index in [1.54, 1.807) is 6.26 Å². The number of hydrogen-bond donors (Lipinski definition) is 0. The SMILES string of the molecule is CSOCc1cc([N+](=O)[O-])ccc1F. The van der Waals surface area contributed by atoms with Gasteiger partial charge in [-0.2, -0.15) is 0 Å². The van der Waals surface area contributed by atoms with Crippen molar-refractivity contribution >= 4 is 17.7 Å². The van der Waals surface area contributed by atoms with Crippen LogP contribution in [0.2, 0.25) is 0 Å². The number of non-ortho nitro benzene ring substituents is 1. The average molecular weight is 217 g/mol. The lowest BCUT2D eigenvalue weighted by Crippen LogP contribution is -1.95. The van der Waals surface area contributed by atoms with Crippen LogP contribution in [0, 0.1) is 15.9 Å². The average Bonchev–Trinajstić information content (AvgIpc) is 2.16. The van der Waals surface area contributed by atoms with Gasteiger partial charge in [0.15, 0.2) is 0 Å². The fourth-order valence-corrected chi connectivity index (χ4v) is 1.15. The van der Waals surface area contributed by atoms with E-state index in [1.165, 1.54) is 6.07 Å². The molecule has 0 spiro atoms. The van der Waals surface area contributed by atoms with Crippen molar-refractivity contribution in [3.8, 4) is 0 Å². The summed E-state index contributed by atoms with van der Waals surface area (Å²) in [6.07, 6.45) is 1.69. The van der Waals surface area contributed by atoms with Crippen LogP contribution in [0.5, 0.6) is 0 Å². The first-order chi connectivity index (χ1) is 6.65. The van der Waals surface area contributed by atoms with Gasteiger partial charge in [-0.25, -0.2) is 4.39 Å². The second-order valence-electron chi connectivity index (χ2n) is 2.46. The number of benzene rings is 1. The molecule has 6 heteroatoms. The maximum atomic E-state index is 13.0. The predicted octanol–water partition coefficient (Wildman–Crippen LogP) is 2.53. The zero-order chi connectivity index (χ0) is 10.6. The molecule has 1 rings (SSSR count). The van der Waals surface area contributed by atoms with Crippen molar-refractivity contribution in [2.75, 3.05) is 6.26 Å². The van der Waals surface area contributed by atoms with Crippen molar-refractivity contribution in [1.82, 2.24) is 0 Å². The molecule has 0 heterocycles. The van der Waals surface area contributed by atoms with Crippen molar-refractivity contribution in [2.45, 2.75) is 6.61 Å². The molecule has 0 saturated heterocycles. The Morgan fingerprint density at radius 3 is 2.93 bits per heavy atom. The fourth-order valence-electron chi connectivity index (χ4n) is 0.908. The first-order valence-electron chi connectivity index (χ1n) is 3.73. The third-order valence-electron chi connectivity index (χ3n) is 1.57. The van der Waals surface area contributed by atoms with E-state index < -0.39 is 10.7 Å². The van der Waals surface area contributed by atoms with E-state index in [0.29, 0.717) is 0 Å². The van der Waals surface area contributed by atoms with Crippen LogP contribution in [0.25, 0.3) is 0 Å². The number of nitrogens with zero attached hydrogens (tertiary/aromatic N) is 1. The summed E-state index contributed by atoms with van der Waals surface area (Å²) in [5.41, 5.74) is 0.0552. The highest BCUT2D eigenvalue weighted by Crippen LogP contribution is 2.18. The highest BCUT2D eigenvalue weighted by atomic mass is 32.2. The summed E-state index contributed by atoms with van der Waals surface area (Å²) >= 11 is 1.08. The molecule has 0 aliphatic heterocycles. The first-order valence-corrected chi connectivity index (χ1v) is 4.88. The highest BCUT2D eigenvalue weighted by Gasteiger charge is 2.10. The molecule has 0 amide bonds. The fraction of sp³-hybridized carbons (Fsp3) is 0.250. The molecular formula is C8H8FNO3S. The lowest BCUT2D eigenvalue weighted by atomic mass is 10.2. The molecule has 0 atom stereocenters. The van der Waals surface area contributed by atoms with Gasteiger partial charge in [-0.05, 0) is 18.1 Å². The van der Waals surface area contributed by atoms with E-state index in [1.807, 2.05) is 0 Å². The van der Waals surface area contributed by atoms with Crippen LogP contribution in [0.1, 0.15) is 5.56 Å². The minimum absolute atomic E-state index is 0.0225. The molecule has 14 heavy (non-hydrogen) atoms. The Morgan fingerprint density at radius 2 is 2.36 bits per heavy atom. The number of nitro benzene ring substituents is 1. The summed E-state index contributed by atoms with van der Waals surface area (Å²) in [5, 5.41) is 10.4. The van der Waals surface area contributed by atoms with E-state index in [2.05, 4.69) is 0 Å². The Hall–Kier alpha value is -1.14. The maximum absolute atomic E-state index is 13.0. The van der Waals surface area contributed by atoms with Crippen molar-refractivity contribution in [3.63, 3.8) is 0 Å². The Bertz CT molecular complexity index is 345. The van der Waals surface area contributed by atoms with Gasteiger partial charge < -0.3 is 4.18 Å². The molecule has 0 unspecified atom stereocenters. The minimum atomic E-state index is -0.567. The molecule has 4 nitrogen and oxygen atoms in total. The van der Waals surface area contributed by atoms with Crippen LogP contribution in [-0.4, -0.2) is 11.2 Å². The Morgan fingerprint density at radius 1 is 1.64 bits per heavy atom. The van der Waals surface area contributed by atoms with Gasteiger partial charge >= 0.3 is 0 Å². The van der Waals surface area contributed by atoms with Crippen LogP contribution < -0.4 is 0 Å². The van der Waals surface area contributed by atoms with E-state index >= 15 is 0 Å². The number of rotatable bonds is 4. The minimum Gasteiger partial charge on any atom is -0.311 e. The topological polar surface area (TPSA) is 52.4 Å². The molecule has 0 bridgehead atoms. The Kier molecular flexibility index (Phi) is 3.84. The van der Waals surface area contributed by atoms with Crippen molar-refractivity contribution < 1.29 is 13.5 Å². The molecule has 0 aliphatic carbocycles. The van der Waals surface area contributed by atoms with E-state index in [0.717, 1.165) is 24.2 Å². The van der Waals surface area contributed by atoms with Gasteiger partial charge in [0.25, 0.3) is 5.69 Å². The largest absolute Gasteiger partial charge is 0.311 e. The van der Waals surface area contributed by atoms with Gasteiger partial charge in [0, 0.05) is 24.0 Å². The molecule has 1 aromatic rings. The molecule has 0 radical (unpaired) electrons. The van der Waals surface area contributed by atoms with Crippen LogP contribution in [0.4, 0.5) is 10.1 Å². The van der Waals surface area contributed by atoms with E-state index in [9.17, 15) is 14.5 Å². The summed E-state index contributed by atoms with van der Waals surface area (Å²) < 4.78 is 17.9. The molecule has 0 fully saturated rings. The molecule has 0 saturated carbocycles. The zero-order valence-electron chi connectivity index (χ0n) is 7.40. The Labute approximate surface area is 84.4 Å². The number of halogens is 1. The second kappa shape index (κ2) is 4.92. The molecule has 76 valence electrons. The first kappa shape index (κ1) is 10.9. The summed E-state index contributed by atoms with van der Waals surface area (Å²) in [6.45, 7) is 0.0225. The van der Waals surface area contributed by atoms with Crippen LogP contribution in [0.3, 0.4) is 0 Å². The summed E-state index contributed by atoms with van der Waals surface area (Å²) in [6, 6.07) is 3.36. The van der Waals surface area contributed by atoms with Crippen molar-refractivity contribution in [1.29, 1.82) is 0 Å². The summed E-state index contributed by atoms with van der Waals surface area (Å²) in [7, 11) is 0. The van der Waals surface area contributed by atoms with Crippen LogP contribution in [0.15, 0.2) is 18.2 Å². The van der Waals surface area contributed by atoms with Gasteiger partial charge in [-0.15, -0.1) is 0 Å². The van der Waals surface area contributed by atoms with Gasteiger partial charge in [0.05, 0.1) is 11.5 Å². The van der Waals surface area contributed by atoms with Gasteiger partial charge in [0.1, 0.15) is 5.82 Å². The summed E-state index contributed by atoms with van der Waals surface area (Å²) in [5.74, 6) is -0.496.